The SMILES string of the molecule is CS[C@H](C)C(=O)Nc1ccc(C#N)c(Cl)c1. The molecule has 0 aliphatic carbocycles. The van der Waals surface area contributed by atoms with Crippen LogP contribution in [0.15, 0.2) is 18.2 Å². The Morgan fingerprint density at radius 3 is 2.81 bits per heavy atom. The molecule has 1 aromatic rings. The molecular formula is C11H11ClN2OS. The Labute approximate surface area is 104 Å². The summed E-state index contributed by atoms with van der Waals surface area (Å²) in [4.78, 5) is 11.6. The van der Waals surface area contributed by atoms with Crippen molar-refractivity contribution >= 4 is 35.0 Å². The largest absolute Gasteiger partial charge is 0.325 e. The van der Waals surface area contributed by atoms with Gasteiger partial charge in [0.25, 0.3) is 0 Å². The summed E-state index contributed by atoms with van der Waals surface area (Å²) in [5, 5.41) is 11.7. The second-order valence-corrected chi connectivity index (χ2v) is 4.76. The normalized spacial score (nSPS) is 11.6. The van der Waals surface area contributed by atoms with Crippen molar-refractivity contribution < 1.29 is 4.79 Å². The van der Waals surface area contributed by atoms with Crippen molar-refractivity contribution in [3.05, 3.63) is 28.8 Å². The summed E-state index contributed by atoms with van der Waals surface area (Å²) in [6.07, 6.45) is 1.87. The molecule has 1 rings (SSSR count). The van der Waals surface area contributed by atoms with Gasteiger partial charge in [-0.05, 0) is 31.4 Å². The zero-order valence-electron chi connectivity index (χ0n) is 8.95. The van der Waals surface area contributed by atoms with Gasteiger partial charge in [0.1, 0.15) is 6.07 Å². The third-order valence-corrected chi connectivity index (χ3v) is 3.31. The van der Waals surface area contributed by atoms with Gasteiger partial charge in [0.15, 0.2) is 0 Å². The molecule has 84 valence electrons. The number of benzene rings is 1. The number of hydrogen-bond acceptors (Lipinski definition) is 3. The molecule has 0 aromatic heterocycles. The molecule has 0 saturated heterocycles. The number of carbonyl (C=O) groups excluding carboxylic acids is 1. The van der Waals surface area contributed by atoms with E-state index < -0.39 is 0 Å². The highest BCUT2D eigenvalue weighted by molar-refractivity contribution is 7.99. The van der Waals surface area contributed by atoms with Crippen LogP contribution in [0.2, 0.25) is 5.02 Å². The molecule has 5 heteroatoms. The standard InChI is InChI=1S/C11H11ClN2OS/c1-7(16-2)11(15)14-9-4-3-8(6-13)10(12)5-9/h3-5,7H,1-2H3,(H,14,15)/t7-/m1/s1. The van der Waals surface area contributed by atoms with Crippen LogP contribution in [0.5, 0.6) is 0 Å². The fourth-order valence-corrected chi connectivity index (χ4v) is 1.53. The lowest BCUT2D eigenvalue weighted by Gasteiger charge is -2.09. The van der Waals surface area contributed by atoms with Crippen molar-refractivity contribution in [2.75, 3.05) is 11.6 Å². The molecule has 0 radical (unpaired) electrons. The van der Waals surface area contributed by atoms with Gasteiger partial charge in [0.2, 0.25) is 5.91 Å². The van der Waals surface area contributed by atoms with Crippen LogP contribution < -0.4 is 5.32 Å². The van der Waals surface area contributed by atoms with Crippen LogP contribution in [-0.2, 0) is 4.79 Å². The first-order valence-electron chi connectivity index (χ1n) is 4.61. The van der Waals surface area contributed by atoms with Crippen LogP contribution in [0.1, 0.15) is 12.5 Å². The molecule has 1 atom stereocenters. The third kappa shape index (κ3) is 3.16. The highest BCUT2D eigenvalue weighted by Crippen LogP contribution is 2.20. The predicted molar refractivity (Wildman–Crippen MR) is 67.8 cm³/mol. The molecule has 0 bridgehead atoms. The summed E-state index contributed by atoms with van der Waals surface area (Å²) in [5.41, 5.74) is 1.01. The molecule has 1 N–H and O–H groups in total. The van der Waals surface area contributed by atoms with Gasteiger partial charge in [-0.2, -0.15) is 17.0 Å². The van der Waals surface area contributed by atoms with Crippen molar-refractivity contribution in [2.24, 2.45) is 0 Å². The van der Waals surface area contributed by atoms with Crippen LogP contribution in [0, 0.1) is 11.3 Å². The Hall–Kier alpha value is -1.18. The number of amides is 1. The summed E-state index contributed by atoms with van der Waals surface area (Å²) in [5.74, 6) is -0.0757. The van der Waals surface area contributed by atoms with Crippen molar-refractivity contribution in [3.8, 4) is 6.07 Å². The van der Waals surface area contributed by atoms with E-state index in [0.29, 0.717) is 16.3 Å². The number of thioether (sulfide) groups is 1. The van der Waals surface area contributed by atoms with Crippen molar-refractivity contribution in [2.45, 2.75) is 12.2 Å². The highest BCUT2D eigenvalue weighted by Gasteiger charge is 2.11. The summed E-state index contributed by atoms with van der Waals surface area (Å²) < 4.78 is 0. The van der Waals surface area contributed by atoms with E-state index in [9.17, 15) is 4.79 Å². The molecule has 1 amide bonds. The zero-order chi connectivity index (χ0) is 12.1. The van der Waals surface area contributed by atoms with Crippen LogP contribution in [0.25, 0.3) is 0 Å². The number of hydrogen-bond donors (Lipinski definition) is 1. The lowest BCUT2D eigenvalue weighted by atomic mass is 10.2. The number of halogens is 1. The summed E-state index contributed by atoms with van der Waals surface area (Å²) in [6, 6.07) is 6.78. The van der Waals surface area contributed by atoms with Crippen LogP contribution in [0.3, 0.4) is 0 Å². The van der Waals surface area contributed by atoms with Crippen LogP contribution in [0.4, 0.5) is 5.69 Å². The lowest BCUT2D eigenvalue weighted by molar-refractivity contribution is -0.115. The first kappa shape index (κ1) is 12.9. The Balaban J connectivity index is 2.80. The maximum Gasteiger partial charge on any atom is 0.237 e. The van der Waals surface area contributed by atoms with E-state index in [2.05, 4.69) is 5.32 Å². The summed E-state index contributed by atoms with van der Waals surface area (Å²) >= 11 is 7.31. The van der Waals surface area contributed by atoms with E-state index in [1.165, 1.54) is 11.8 Å². The van der Waals surface area contributed by atoms with Crippen molar-refractivity contribution in [1.29, 1.82) is 5.26 Å². The van der Waals surface area contributed by atoms with E-state index >= 15 is 0 Å². The smallest absolute Gasteiger partial charge is 0.237 e. The van der Waals surface area contributed by atoms with Gasteiger partial charge in [-0.25, -0.2) is 0 Å². The minimum Gasteiger partial charge on any atom is -0.325 e. The molecule has 1 aromatic carbocycles. The van der Waals surface area contributed by atoms with Gasteiger partial charge in [-0.1, -0.05) is 11.6 Å². The number of nitrogens with zero attached hydrogens (tertiary/aromatic N) is 1. The minimum atomic E-state index is -0.116. The Bertz CT molecular complexity index is 442. The fraction of sp³-hybridized carbons (Fsp3) is 0.273. The van der Waals surface area contributed by atoms with E-state index in [4.69, 9.17) is 16.9 Å². The van der Waals surface area contributed by atoms with Gasteiger partial charge >= 0.3 is 0 Å². The van der Waals surface area contributed by atoms with Crippen LogP contribution in [-0.4, -0.2) is 17.4 Å². The molecule has 0 heterocycles. The second-order valence-electron chi connectivity index (χ2n) is 3.17. The van der Waals surface area contributed by atoms with Gasteiger partial charge < -0.3 is 5.32 Å². The summed E-state index contributed by atoms with van der Waals surface area (Å²) in [7, 11) is 0. The number of nitriles is 1. The molecule has 16 heavy (non-hydrogen) atoms. The predicted octanol–water partition coefficient (Wildman–Crippen LogP) is 2.90. The van der Waals surface area contributed by atoms with Crippen molar-refractivity contribution in [1.82, 2.24) is 0 Å². The van der Waals surface area contributed by atoms with Gasteiger partial charge in [0, 0.05) is 5.69 Å². The van der Waals surface area contributed by atoms with E-state index in [-0.39, 0.29) is 11.2 Å². The highest BCUT2D eigenvalue weighted by atomic mass is 35.5. The van der Waals surface area contributed by atoms with Gasteiger partial charge in [-0.15, -0.1) is 0 Å². The zero-order valence-corrected chi connectivity index (χ0v) is 10.5. The topological polar surface area (TPSA) is 52.9 Å². The first-order chi connectivity index (χ1) is 7.58. The minimum absolute atomic E-state index is 0.0757. The number of carbonyl (C=O) groups is 1. The Morgan fingerprint density at radius 1 is 1.62 bits per heavy atom. The van der Waals surface area contributed by atoms with Crippen LogP contribution >= 0.6 is 23.4 Å². The summed E-state index contributed by atoms with van der Waals surface area (Å²) in [6.45, 7) is 1.82. The molecule has 0 spiro atoms. The number of anilines is 1. The molecule has 3 nitrogen and oxygen atoms in total. The molecule has 0 aliphatic heterocycles. The number of rotatable bonds is 3. The molecular weight excluding hydrogens is 244 g/mol. The van der Waals surface area contributed by atoms with E-state index in [1.54, 1.807) is 18.2 Å². The molecule has 0 unspecified atom stereocenters. The van der Waals surface area contributed by atoms with Gasteiger partial charge in [0.05, 0.1) is 15.8 Å². The molecule has 0 fully saturated rings. The maximum absolute atomic E-state index is 11.6. The first-order valence-corrected chi connectivity index (χ1v) is 6.28. The lowest BCUT2D eigenvalue weighted by Crippen LogP contribution is -2.21. The second kappa shape index (κ2) is 5.78. The molecule has 0 aliphatic rings. The number of nitrogens with one attached hydrogen (secondary N) is 1. The van der Waals surface area contributed by atoms with Crippen molar-refractivity contribution in [3.63, 3.8) is 0 Å². The molecule has 0 saturated carbocycles. The van der Waals surface area contributed by atoms with Gasteiger partial charge in [-0.3, -0.25) is 4.79 Å². The quantitative estimate of drug-likeness (QED) is 0.902. The average Bonchev–Trinajstić information content (AvgIpc) is 2.28. The van der Waals surface area contributed by atoms with E-state index in [0.717, 1.165) is 0 Å². The Morgan fingerprint density at radius 2 is 2.31 bits per heavy atom. The average molecular weight is 255 g/mol. The monoisotopic (exact) mass is 254 g/mol. The third-order valence-electron chi connectivity index (χ3n) is 2.08. The Kier molecular flexibility index (Phi) is 4.66. The maximum atomic E-state index is 11.6. The fourth-order valence-electron chi connectivity index (χ4n) is 1.03. The van der Waals surface area contributed by atoms with E-state index in [1.807, 2.05) is 19.2 Å².